The van der Waals surface area contributed by atoms with Gasteiger partial charge >= 0.3 is 0 Å². The molecule has 1 fully saturated rings. The predicted molar refractivity (Wildman–Crippen MR) is 80.7 cm³/mol. The van der Waals surface area contributed by atoms with Crippen LogP contribution < -0.4 is 5.32 Å². The highest BCUT2D eigenvalue weighted by Gasteiger charge is 2.41. The van der Waals surface area contributed by atoms with Crippen molar-refractivity contribution in [2.24, 2.45) is 0 Å². The molecule has 116 valence electrons. The van der Waals surface area contributed by atoms with Crippen molar-refractivity contribution in [1.82, 2.24) is 15.5 Å². The van der Waals surface area contributed by atoms with Gasteiger partial charge in [0.05, 0.1) is 5.56 Å². The fourth-order valence-electron chi connectivity index (χ4n) is 2.83. The molecular weight excluding hydrogens is 353 g/mol. The van der Waals surface area contributed by atoms with Gasteiger partial charge in [0.1, 0.15) is 11.4 Å². The zero-order valence-corrected chi connectivity index (χ0v) is 13.6. The number of benzene rings is 1. The van der Waals surface area contributed by atoms with Crippen molar-refractivity contribution in [3.63, 3.8) is 0 Å². The Morgan fingerprint density at radius 3 is 2.77 bits per heavy atom. The second kappa shape index (κ2) is 5.79. The van der Waals surface area contributed by atoms with E-state index in [0.29, 0.717) is 29.0 Å². The average Bonchev–Trinajstić information content (AvgIpc) is 3.11. The molecule has 1 aliphatic rings. The van der Waals surface area contributed by atoms with Gasteiger partial charge in [0.15, 0.2) is 5.82 Å². The number of hydrogen-bond donors (Lipinski definition) is 1. The molecule has 1 saturated carbocycles. The Labute approximate surface area is 135 Å². The lowest BCUT2D eigenvalue weighted by Crippen LogP contribution is -2.45. The Morgan fingerprint density at radius 2 is 2.14 bits per heavy atom. The van der Waals surface area contributed by atoms with Gasteiger partial charge < -0.3 is 9.84 Å². The highest BCUT2D eigenvalue weighted by molar-refractivity contribution is 9.10. The zero-order valence-electron chi connectivity index (χ0n) is 12.0. The summed E-state index contributed by atoms with van der Waals surface area (Å²) < 4.78 is 19.6. The normalized spacial score (nSPS) is 16.7. The molecular formula is C15H15BrFN3O2. The van der Waals surface area contributed by atoms with E-state index in [2.05, 4.69) is 31.4 Å². The van der Waals surface area contributed by atoms with Crippen LogP contribution in [0.4, 0.5) is 4.39 Å². The van der Waals surface area contributed by atoms with Gasteiger partial charge in [0.25, 0.3) is 5.91 Å². The van der Waals surface area contributed by atoms with Crippen LogP contribution in [0, 0.1) is 12.7 Å². The quantitative estimate of drug-likeness (QED) is 0.901. The van der Waals surface area contributed by atoms with Gasteiger partial charge in [-0.05, 0) is 31.0 Å². The van der Waals surface area contributed by atoms with Crippen LogP contribution >= 0.6 is 15.9 Å². The third-order valence-corrected chi connectivity index (χ3v) is 4.43. The molecule has 22 heavy (non-hydrogen) atoms. The first-order valence-corrected chi connectivity index (χ1v) is 7.88. The molecule has 0 spiro atoms. The maximum atomic E-state index is 13.9. The van der Waals surface area contributed by atoms with Gasteiger partial charge in [-0.1, -0.05) is 33.9 Å². The van der Waals surface area contributed by atoms with E-state index >= 15 is 0 Å². The van der Waals surface area contributed by atoms with Crippen molar-refractivity contribution >= 4 is 21.8 Å². The van der Waals surface area contributed by atoms with Gasteiger partial charge in [-0.15, -0.1) is 0 Å². The lowest BCUT2D eigenvalue weighted by Gasteiger charge is -2.26. The fraction of sp³-hybridized carbons (Fsp3) is 0.400. The van der Waals surface area contributed by atoms with E-state index in [1.165, 1.54) is 12.1 Å². The summed E-state index contributed by atoms with van der Waals surface area (Å²) in [4.78, 5) is 16.8. The first-order chi connectivity index (χ1) is 10.5. The summed E-state index contributed by atoms with van der Waals surface area (Å²) in [6.45, 7) is 1.70. The number of hydrogen-bond acceptors (Lipinski definition) is 4. The SMILES string of the molecule is Cc1nc(C2(NC(=O)c3cc(Br)ccc3F)CCCC2)no1. The average molecular weight is 368 g/mol. The van der Waals surface area contributed by atoms with Crippen LogP contribution in [-0.4, -0.2) is 16.0 Å². The second-order valence-corrected chi connectivity index (χ2v) is 6.42. The molecule has 0 unspecified atom stereocenters. The monoisotopic (exact) mass is 367 g/mol. The Morgan fingerprint density at radius 1 is 1.41 bits per heavy atom. The first-order valence-electron chi connectivity index (χ1n) is 7.08. The third kappa shape index (κ3) is 2.77. The number of amides is 1. The minimum Gasteiger partial charge on any atom is -0.340 e. The molecule has 0 saturated heterocycles. The van der Waals surface area contributed by atoms with E-state index in [1.54, 1.807) is 13.0 Å². The van der Waals surface area contributed by atoms with Crippen LogP contribution in [0.1, 0.15) is 47.8 Å². The van der Waals surface area contributed by atoms with Crippen LogP contribution in [0.15, 0.2) is 27.2 Å². The molecule has 0 atom stereocenters. The highest BCUT2D eigenvalue weighted by Crippen LogP contribution is 2.37. The fourth-order valence-corrected chi connectivity index (χ4v) is 3.19. The summed E-state index contributed by atoms with van der Waals surface area (Å²) in [5.74, 6) is -0.114. The number of aryl methyl sites for hydroxylation is 1. The molecule has 5 nitrogen and oxygen atoms in total. The van der Waals surface area contributed by atoms with Crippen molar-refractivity contribution in [3.05, 3.63) is 45.8 Å². The van der Waals surface area contributed by atoms with E-state index in [0.717, 1.165) is 12.8 Å². The standard InChI is InChI=1S/C15H15BrFN3O2/c1-9-18-14(20-22-9)15(6-2-3-7-15)19-13(21)11-8-10(16)4-5-12(11)17/h4-5,8H,2-3,6-7H2,1H3,(H,19,21). The molecule has 3 rings (SSSR count). The minimum atomic E-state index is -0.677. The topological polar surface area (TPSA) is 68.0 Å². The third-order valence-electron chi connectivity index (χ3n) is 3.94. The van der Waals surface area contributed by atoms with Gasteiger partial charge in [-0.2, -0.15) is 4.98 Å². The molecule has 0 radical (unpaired) electrons. The zero-order chi connectivity index (χ0) is 15.7. The molecule has 1 aromatic carbocycles. The van der Waals surface area contributed by atoms with Crippen LogP contribution in [-0.2, 0) is 5.54 Å². The van der Waals surface area contributed by atoms with Crippen LogP contribution in [0.3, 0.4) is 0 Å². The van der Waals surface area contributed by atoms with Gasteiger partial charge in [-0.25, -0.2) is 4.39 Å². The van der Waals surface area contributed by atoms with Crippen molar-refractivity contribution in [2.75, 3.05) is 0 Å². The maximum absolute atomic E-state index is 13.9. The summed E-state index contributed by atoms with van der Waals surface area (Å²) in [6, 6.07) is 4.29. The molecule has 1 N–H and O–H groups in total. The van der Waals surface area contributed by atoms with Gasteiger partial charge in [0, 0.05) is 11.4 Å². The molecule has 7 heteroatoms. The van der Waals surface area contributed by atoms with Gasteiger partial charge in [-0.3, -0.25) is 4.79 Å². The van der Waals surface area contributed by atoms with E-state index in [9.17, 15) is 9.18 Å². The molecule has 1 aromatic heterocycles. The Balaban J connectivity index is 1.91. The molecule has 1 aliphatic carbocycles. The van der Waals surface area contributed by atoms with Crippen LogP contribution in [0.5, 0.6) is 0 Å². The van der Waals surface area contributed by atoms with Crippen molar-refractivity contribution in [3.8, 4) is 0 Å². The van der Waals surface area contributed by atoms with Crippen molar-refractivity contribution in [1.29, 1.82) is 0 Å². The summed E-state index contributed by atoms with van der Waals surface area (Å²) in [6.07, 6.45) is 3.34. The van der Waals surface area contributed by atoms with Crippen LogP contribution in [0.25, 0.3) is 0 Å². The van der Waals surface area contributed by atoms with E-state index in [4.69, 9.17) is 4.52 Å². The predicted octanol–water partition coefficient (Wildman–Crippen LogP) is 3.48. The number of rotatable bonds is 3. The second-order valence-electron chi connectivity index (χ2n) is 5.50. The minimum absolute atomic E-state index is 0.000803. The molecule has 0 bridgehead atoms. The number of halogens is 2. The summed E-state index contributed by atoms with van der Waals surface area (Å²) in [5, 5.41) is 6.87. The van der Waals surface area contributed by atoms with Gasteiger partial charge in [0.2, 0.25) is 5.89 Å². The lowest BCUT2D eigenvalue weighted by molar-refractivity contribution is 0.0887. The largest absolute Gasteiger partial charge is 0.340 e. The number of carbonyl (C=O) groups is 1. The Hall–Kier alpha value is -1.76. The van der Waals surface area contributed by atoms with E-state index in [-0.39, 0.29) is 5.56 Å². The Kier molecular flexibility index (Phi) is 3.99. The molecule has 1 heterocycles. The van der Waals surface area contributed by atoms with E-state index in [1.807, 2.05) is 0 Å². The smallest absolute Gasteiger partial charge is 0.255 e. The molecule has 2 aromatic rings. The molecule has 0 aliphatic heterocycles. The number of carbonyl (C=O) groups excluding carboxylic acids is 1. The van der Waals surface area contributed by atoms with Crippen LogP contribution in [0.2, 0.25) is 0 Å². The summed E-state index contributed by atoms with van der Waals surface area (Å²) >= 11 is 3.25. The summed E-state index contributed by atoms with van der Waals surface area (Å²) in [5.41, 5.74) is -0.676. The Bertz CT molecular complexity index is 711. The maximum Gasteiger partial charge on any atom is 0.255 e. The summed E-state index contributed by atoms with van der Waals surface area (Å²) in [7, 11) is 0. The first kappa shape index (κ1) is 15.1. The number of aromatic nitrogens is 2. The van der Waals surface area contributed by atoms with Crippen molar-refractivity contribution < 1.29 is 13.7 Å². The number of nitrogens with zero attached hydrogens (tertiary/aromatic N) is 2. The lowest BCUT2D eigenvalue weighted by atomic mass is 9.96. The highest BCUT2D eigenvalue weighted by atomic mass is 79.9. The number of nitrogens with one attached hydrogen (secondary N) is 1. The van der Waals surface area contributed by atoms with E-state index < -0.39 is 17.3 Å². The van der Waals surface area contributed by atoms with Crippen molar-refractivity contribution in [2.45, 2.75) is 38.1 Å². The molecule has 1 amide bonds.